The molecular formula is C19H28N2O2. The molecule has 0 bridgehead atoms. The number of anilines is 1. The van der Waals surface area contributed by atoms with Gasteiger partial charge in [-0.2, -0.15) is 0 Å². The summed E-state index contributed by atoms with van der Waals surface area (Å²) < 4.78 is 5.90. The SMILES string of the molecule is C=C(C)CN1C(=O)C(C)(C)Oc2ccc(C(N)C(C)(C)C)cc21. The zero-order chi connectivity index (χ0) is 17.6. The van der Waals surface area contributed by atoms with Crippen molar-refractivity contribution < 1.29 is 9.53 Å². The Morgan fingerprint density at radius 2 is 2.00 bits per heavy atom. The Morgan fingerprint density at radius 1 is 1.39 bits per heavy atom. The molecule has 0 radical (unpaired) electrons. The van der Waals surface area contributed by atoms with Crippen LogP contribution in [0.4, 0.5) is 5.69 Å². The van der Waals surface area contributed by atoms with Crippen LogP contribution in [0.25, 0.3) is 0 Å². The lowest BCUT2D eigenvalue weighted by Gasteiger charge is -2.39. The van der Waals surface area contributed by atoms with E-state index >= 15 is 0 Å². The predicted molar refractivity (Wildman–Crippen MR) is 94.7 cm³/mol. The average molecular weight is 316 g/mol. The summed E-state index contributed by atoms with van der Waals surface area (Å²) in [6.07, 6.45) is 0. The molecule has 1 aliphatic heterocycles. The Labute approximate surface area is 139 Å². The molecule has 1 aromatic rings. The first kappa shape index (κ1) is 17.5. The van der Waals surface area contributed by atoms with Gasteiger partial charge in [0.15, 0.2) is 5.60 Å². The van der Waals surface area contributed by atoms with Gasteiger partial charge in [0.1, 0.15) is 5.75 Å². The molecule has 0 aliphatic carbocycles. The summed E-state index contributed by atoms with van der Waals surface area (Å²) in [4.78, 5) is 14.5. The molecule has 1 heterocycles. The van der Waals surface area contributed by atoms with E-state index in [1.54, 1.807) is 18.7 Å². The summed E-state index contributed by atoms with van der Waals surface area (Å²) in [6.45, 7) is 16.2. The first-order valence-electron chi connectivity index (χ1n) is 7.98. The van der Waals surface area contributed by atoms with Gasteiger partial charge in [0.2, 0.25) is 0 Å². The fraction of sp³-hybridized carbons (Fsp3) is 0.526. The minimum atomic E-state index is -0.879. The van der Waals surface area contributed by atoms with Gasteiger partial charge in [-0.3, -0.25) is 4.79 Å². The number of nitrogens with two attached hydrogens (primary N) is 1. The molecule has 2 N–H and O–H groups in total. The zero-order valence-corrected chi connectivity index (χ0v) is 15.1. The highest BCUT2D eigenvalue weighted by Crippen LogP contribution is 2.41. The Hall–Kier alpha value is -1.81. The number of fused-ring (bicyclic) bond motifs is 1. The van der Waals surface area contributed by atoms with Crippen molar-refractivity contribution in [3.8, 4) is 5.75 Å². The maximum atomic E-state index is 12.8. The fourth-order valence-corrected chi connectivity index (χ4v) is 2.70. The molecule has 1 aliphatic rings. The second-order valence-corrected chi connectivity index (χ2v) is 8.03. The Bertz CT molecular complexity index is 641. The van der Waals surface area contributed by atoms with Gasteiger partial charge in [-0.15, -0.1) is 0 Å². The first-order chi connectivity index (χ1) is 10.4. The van der Waals surface area contributed by atoms with Crippen LogP contribution in [0.3, 0.4) is 0 Å². The standard InChI is InChI=1S/C19H28N2O2/c1-12(2)11-21-14-10-13(16(20)18(3,4)5)8-9-15(14)23-19(6,7)17(21)22/h8-10,16H,1,11,20H2,2-7H3. The monoisotopic (exact) mass is 316 g/mol. The van der Waals surface area contributed by atoms with E-state index < -0.39 is 5.60 Å². The van der Waals surface area contributed by atoms with Crippen molar-refractivity contribution in [2.45, 2.75) is 53.2 Å². The Balaban J connectivity index is 2.52. The van der Waals surface area contributed by atoms with Crippen LogP contribution in [0.5, 0.6) is 5.75 Å². The number of hydrogen-bond donors (Lipinski definition) is 1. The maximum Gasteiger partial charge on any atom is 0.270 e. The first-order valence-corrected chi connectivity index (χ1v) is 7.98. The van der Waals surface area contributed by atoms with Gasteiger partial charge in [0.25, 0.3) is 5.91 Å². The summed E-state index contributed by atoms with van der Waals surface area (Å²) in [5.74, 6) is 0.648. The minimum absolute atomic E-state index is 0.0607. The van der Waals surface area contributed by atoms with Gasteiger partial charge < -0.3 is 15.4 Å². The van der Waals surface area contributed by atoms with E-state index in [2.05, 4.69) is 27.4 Å². The van der Waals surface area contributed by atoms with Crippen LogP contribution in [0.2, 0.25) is 0 Å². The van der Waals surface area contributed by atoms with E-state index in [9.17, 15) is 4.79 Å². The number of carbonyl (C=O) groups excluding carboxylic acids is 1. The molecule has 0 aromatic heterocycles. The molecule has 23 heavy (non-hydrogen) atoms. The number of rotatable bonds is 3. The van der Waals surface area contributed by atoms with Crippen molar-refractivity contribution in [2.75, 3.05) is 11.4 Å². The second kappa shape index (κ2) is 5.68. The number of benzene rings is 1. The van der Waals surface area contributed by atoms with Crippen molar-refractivity contribution in [1.29, 1.82) is 0 Å². The largest absolute Gasteiger partial charge is 0.476 e. The van der Waals surface area contributed by atoms with Gasteiger partial charge in [0.05, 0.1) is 5.69 Å². The van der Waals surface area contributed by atoms with Gasteiger partial charge >= 0.3 is 0 Å². The lowest BCUT2D eigenvalue weighted by molar-refractivity contribution is -0.132. The summed E-state index contributed by atoms with van der Waals surface area (Å²) in [6, 6.07) is 5.75. The summed E-state index contributed by atoms with van der Waals surface area (Å²) in [5.41, 5.74) is 8.13. The van der Waals surface area contributed by atoms with Crippen molar-refractivity contribution in [2.24, 2.45) is 11.1 Å². The van der Waals surface area contributed by atoms with Crippen molar-refractivity contribution in [3.63, 3.8) is 0 Å². The van der Waals surface area contributed by atoms with Crippen molar-refractivity contribution in [3.05, 3.63) is 35.9 Å². The molecular weight excluding hydrogens is 288 g/mol. The van der Waals surface area contributed by atoms with E-state index in [1.807, 2.05) is 25.1 Å². The molecule has 0 spiro atoms. The maximum absolute atomic E-state index is 12.8. The Morgan fingerprint density at radius 3 is 2.52 bits per heavy atom. The van der Waals surface area contributed by atoms with Gasteiger partial charge in [-0.25, -0.2) is 0 Å². The second-order valence-electron chi connectivity index (χ2n) is 8.03. The van der Waals surface area contributed by atoms with Gasteiger partial charge in [0, 0.05) is 12.6 Å². The van der Waals surface area contributed by atoms with E-state index in [-0.39, 0.29) is 17.4 Å². The third kappa shape index (κ3) is 3.42. The lowest BCUT2D eigenvalue weighted by atomic mass is 9.83. The number of amides is 1. The van der Waals surface area contributed by atoms with E-state index in [0.717, 1.165) is 16.8 Å². The third-order valence-corrected chi connectivity index (χ3v) is 4.12. The van der Waals surface area contributed by atoms with Crippen LogP contribution in [-0.2, 0) is 4.79 Å². The molecule has 126 valence electrons. The third-order valence-electron chi connectivity index (χ3n) is 4.12. The molecule has 1 unspecified atom stereocenters. The predicted octanol–water partition coefficient (Wildman–Crippen LogP) is 3.81. The van der Waals surface area contributed by atoms with Crippen LogP contribution in [0, 0.1) is 5.41 Å². The average Bonchev–Trinajstić information content (AvgIpc) is 2.41. The van der Waals surface area contributed by atoms with Crippen LogP contribution < -0.4 is 15.4 Å². The quantitative estimate of drug-likeness (QED) is 0.863. The number of ether oxygens (including phenoxy) is 1. The Kier molecular flexibility index (Phi) is 4.33. The van der Waals surface area contributed by atoms with Crippen LogP contribution in [-0.4, -0.2) is 18.1 Å². The number of nitrogens with zero attached hydrogens (tertiary/aromatic N) is 1. The highest BCUT2D eigenvalue weighted by Gasteiger charge is 2.41. The van der Waals surface area contributed by atoms with E-state index in [0.29, 0.717) is 12.3 Å². The van der Waals surface area contributed by atoms with Gasteiger partial charge in [-0.05, 0) is 43.9 Å². The molecule has 4 heteroatoms. The van der Waals surface area contributed by atoms with E-state index in [4.69, 9.17) is 10.5 Å². The van der Waals surface area contributed by atoms with E-state index in [1.165, 1.54) is 0 Å². The highest BCUT2D eigenvalue weighted by molar-refractivity contribution is 6.02. The van der Waals surface area contributed by atoms with Crippen LogP contribution in [0.15, 0.2) is 30.4 Å². The zero-order valence-electron chi connectivity index (χ0n) is 15.1. The molecule has 1 amide bonds. The summed E-state index contributed by atoms with van der Waals surface area (Å²) >= 11 is 0. The molecule has 0 saturated carbocycles. The molecule has 1 atom stereocenters. The molecule has 4 nitrogen and oxygen atoms in total. The van der Waals surface area contributed by atoms with Crippen LogP contribution in [0.1, 0.15) is 53.1 Å². The number of hydrogen-bond acceptors (Lipinski definition) is 3. The molecule has 0 saturated heterocycles. The normalized spacial score (nSPS) is 18.2. The molecule has 1 aromatic carbocycles. The summed E-state index contributed by atoms with van der Waals surface area (Å²) in [5, 5.41) is 0. The fourth-order valence-electron chi connectivity index (χ4n) is 2.70. The lowest BCUT2D eigenvalue weighted by Crippen LogP contribution is -2.53. The number of carbonyl (C=O) groups is 1. The smallest absolute Gasteiger partial charge is 0.270 e. The van der Waals surface area contributed by atoms with Crippen molar-refractivity contribution >= 4 is 11.6 Å². The van der Waals surface area contributed by atoms with Crippen LogP contribution >= 0.6 is 0 Å². The van der Waals surface area contributed by atoms with Gasteiger partial charge in [-0.1, -0.05) is 39.0 Å². The highest BCUT2D eigenvalue weighted by atomic mass is 16.5. The topological polar surface area (TPSA) is 55.6 Å². The molecule has 2 rings (SSSR count). The van der Waals surface area contributed by atoms with Crippen molar-refractivity contribution in [1.82, 2.24) is 0 Å². The summed E-state index contributed by atoms with van der Waals surface area (Å²) in [7, 11) is 0. The minimum Gasteiger partial charge on any atom is -0.476 e. The molecule has 0 fully saturated rings.